The number of carbonyl (C=O) groups is 2. The molecule has 0 unspecified atom stereocenters. The lowest BCUT2D eigenvalue weighted by Crippen LogP contribution is -2.47. The number of anilines is 1. The summed E-state index contributed by atoms with van der Waals surface area (Å²) in [5, 5.41) is 0.415. The van der Waals surface area contributed by atoms with Gasteiger partial charge in [-0.25, -0.2) is 9.59 Å². The molecule has 230 valence electrons. The lowest BCUT2D eigenvalue weighted by molar-refractivity contribution is -0.200. The van der Waals surface area contributed by atoms with E-state index in [1.165, 1.54) is 41.8 Å². The van der Waals surface area contributed by atoms with Crippen molar-refractivity contribution >= 4 is 17.7 Å². The van der Waals surface area contributed by atoms with Crippen molar-refractivity contribution in [1.82, 2.24) is 9.80 Å². The van der Waals surface area contributed by atoms with Crippen molar-refractivity contribution in [3.8, 4) is 5.75 Å². The van der Waals surface area contributed by atoms with E-state index in [9.17, 15) is 22.8 Å². The summed E-state index contributed by atoms with van der Waals surface area (Å²) in [6.07, 6.45) is -1.45. The number of likely N-dealkylation sites (tertiary alicyclic amines) is 1. The third-order valence-electron chi connectivity index (χ3n) is 7.63. The normalized spacial score (nSPS) is 14.3. The zero-order valence-corrected chi connectivity index (χ0v) is 24.6. The Hall–Kier alpha value is -4.05. The second kappa shape index (κ2) is 14.9. The fourth-order valence-electron chi connectivity index (χ4n) is 5.19. The van der Waals surface area contributed by atoms with Crippen molar-refractivity contribution in [2.45, 2.75) is 45.3 Å². The average Bonchev–Trinajstić information content (AvgIpc) is 3.01. The molecule has 4 rings (SSSR count). The maximum absolute atomic E-state index is 13.8. The van der Waals surface area contributed by atoms with Gasteiger partial charge in [-0.2, -0.15) is 13.2 Å². The fourth-order valence-corrected chi connectivity index (χ4v) is 5.19. The summed E-state index contributed by atoms with van der Waals surface area (Å²) in [7, 11) is 1.44. The minimum absolute atomic E-state index is 0.0298. The number of hydrogen-bond donors (Lipinski definition) is 0. The molecule has 0 aliphatic carbocycles. The van der Waals surface area contributed by atoms with Gasteiger partial charge in [0.15, 0.2) is 0 Å². The highest BCUT2D eigenvalue weighted by Crippen LogP contribution is 2.26. The number of piperidine rings is 1. The molecule has 0 spiro atoms. The van der Waals surface area contributed by atoms with Gasteiger partial charge in [-0.05, 0) is 93.6 Å². The van der Waals surface area contributed by atoms with Crippen molar-refractivity contribution in [1.29, 1.82) is 0 Å². The van der Waals surface area contributed by atoms with Crippen LogP contribution in [0.1, 0.15) is 36.0 Å². The smallest absolute Gasteiger partial charge is 0.493 e. The monoisotopic (exact) mass is 597 g/mol. The van der Waals surface area contributed by atoms with E-state index >= 15 is 0 Å². The third kappa shape index (κ3) is 9.47. The maximum atomic E-state index is 13.8. The predicted molar refractivity (Wildman–Crippen MR) is 159 cm³/mol. The highest BCUT2D eigenvalue weighted by atomic mass is 19.4. The van der Waals surface area contributed by atoms with E-state index in [0.29, 0.717) is 23.2 Å². The number of urea groups is 1. The average molecular weight is 598 g/mol. The zero-order chi connectivity index (χ0) is 30.8. The van der Waals surface area contributed by atoms with Crippen LogP contribution in [0, 0.1) is 12.8 Å². The molecular weight excluding hydrogens is 559 g/mol. The molecule has 10 heteroatoms. The molecule has 0 bridgehead atoms. The summed E-state index contributed by atoms with van der Waals surface area (Å²) in [6.45, 7) is 4.97. The van der Waals surface area contributed by atoms with Gasteiger partial charge in [-0.1, -0.05) is 60.2 Å². The molecule has 7 nitrogen and oxygen atoms in total. The first-order chi connectivity index (χ1) is 20.6. The molecule has 1 aliphatic rings. The van der Waals surface area contributed by atoms with Gasteiger partial charge in [-0.15, -0.1) is 5.06 Å². The minimum Gasteiger partial charge on any atom is -0.497 e. The number of benzene rings is 3. The molecule has 3 aromatic rings. The number of aryl methyl sites for hydroxylation is 1. The van der Waals surface area contributed by atoms with Gasteiger partial charge in [0.2, 0.25) is 0 Å². The number of hydroxylamine groups is 1. The summed E-state index contributed by atoms with van der Waals surface area (Å²) < 4.78 is 44.7. The Kier molecular flexibility index (Phi) is 11.1. The number of halogens is 3. The Morgan fingerprint density at radius 3 is 2.16 bits per heavy atom. The minimum atomic E-state index is -5.28. The lowest BCUT2D eigenvalue weighted by atomic mass is 9.90. The molecular formula is C33H38F3N3O4. The number of carbonyl (C=O) groups excluding carboxylic acids is 2. The number of hydrogen-bond acceptors (Lipinski definition) is 5. The van der Waals surface area contributed by atoms with Crippen LogP contribution < -0.4 is 9.80 Å². The van der Waals surface area contributed by atoms with Gasteiger partial charge in [0.25, 0.3) is 0 Å². The van der Waals surface area contributed by atoms with E-state index < -0.39 is 18.2 Å². The standard InChI is InChI=1S/C33H38F3N3O4/c1-25-9-11-28(12-10-25)24-38(20-6-19-37-21-17-27(18-22-37)23-26-7-4-3-5-8-26)32(41)39(43-31(40)33(34,35)36)29-13-15-30(42-2)16-14-29/h3-5,7-16,27H,6,17-24H2,1-2H3. The molecule has 0 atom stereocenters. The van der Waals surface area contributed by atoms with Gasteiger partial charge >= 0.3 is 18.2 Å². The molecule has 1 aliphatic heterocycles. The predicted octanol–water partition coefficient (Wildman–Crippen LogP) is 6.80. The van der Waals surface area contributed by atoms with Crippen LogP contribution in [0.15, 0.2) is 78.9 Å². The quantitative estimate of drug-likeness (QED) is 0.241. The van der Waals surface area contributed by atoms with E-state index in [0.717, 1.165) is 50.0 Å². The fraction of sp³-hybridized carbons (Fsp3) is 0.394. The molecule has 1 fully saturated rings. The number of nitrogens with zero attached hydrogens (tertiary/aromatic N) is 3. The van der Waals surface area contributed by atoms with Gasteiger partial charge < -0.3 is 19.4 Å². The Labute approximate surface area is 250 Å². The van der Waals surface area contributed by atoms with E-state index in [1.54, 1.807) is 0 Å². The molecule has 1 heterocycles. The zero-order valence-electron chi connectivity index (χ0n) is 24.6. The first kappa shape index (κ1) is 31.9. The van der Waals surface area contributed by atoms with E-state index in [-0.39, 0.29) is 18.8 Å². The number of alkyl halides is 3. The Morgan fingerprint density at radius 1 is 0.907 bits per heavy atom. The van der Waals surface area contributed by atoms with Crippen LogP contribution in [0.2, 0.25) is 0 Å². The number of rotatable bonds is 10. The van der Waals surface area contributed by atoms with E-state index in [1.807, 2.05) is 37.3 Å². The van der Waals surface area contributed by atoms with Gasteiger partial charge in [0.05, 0.1) is 12.8 Å². The van der Waals surface area contributed by atoms with Gasteiger partial charge in [-0.3, -0.25) is 0 Å². The van der Waals surface area contributed by atoms with Crippen LogP contribution in [0.5, 0.6) is 5.75 Å². The maximum Gasteiger partial charge on any atom is 0.493 e. The molecule has 0 saturated carbocycles. The Bertz CT molecular complexity index is 1310. The second-order valence-electron chi connectivity index (χ2n) is 10.9. The SMILES string of the molecule is COc1ccc(N(OC(=O)C(F)(F)F)C(=O)N(CCCN2CCC(Cc3ccccc3)CC2)Cc2ccc(C)cc2)cc1. The van der Waals surface area contributed by atoms with Crippen LogP contribution in [0.4, 0.5) is 23.7 Å². The van der Waals surface area contributed by atoms with Crippen molar-refractivity contribution < 1.29 is 32.3 Å². The number of ether oxygens (including phenoxy) is 1. The van der Waals surface area contributed by atoms with Crippen molar-refractivity contribution in [2.75, 3.05) is 38.4 Å². The van der Waals surface area contributed by atoms with E-state index in [2.05, 4.69) is 34.0 Å². The van der Waals surface area contributed by atoms with Crippen LogP contribution >= 0.6 is 0 Å². The van der Waals surface area contributed by atoms with Crippen LogP contribution in [-0.2, 0) is 22.6 Å². The number of amides is 2. The third-order valence-corrected chi connectivity index (χ3v) is 7.63. The summed E-state index contributed by atoms with van der Waals surface area (Å²) in [6, 6.07) is 22.8. The Morgan fingerprint density at radius 2 is 1.56 bits per heavy atom. The first-order valence-electron chi connectivity index (χ1n) is 14.5. The van der Waals surface area contributed by atoms with Crippen molar-refractivity contribution in [3.05, 3.63) is 95.6 Å². The molecule has 0 aromatic heterocycles. The molecule has 43 heavy (non-hydrogen) atoms. The Balaban J connectivity index is 1.44. The van der Waals surface area contributed by atoms with Crippen LogP contribution in [0.25, 0.3) is 0 Å². The van der Waals surface area contributed by atoms with Crippen molar-refractivity contribution in [2.24, 2.45) is 5.92 Å². The highest BCUT2D eigenvalue weighted by Gasteiger charge is 2.44. The summed E-state index contributed by atoms with van der Waals surface area (Å²) in [4.78, 5) is 34.1. The largest absolute Gasteiger partial charge is 0.497 e. The molecule has 0 N–H and O–H groups in total. The summed E-state index contributed by atoms with van der Waals surface area (Å²) >= 11 is 0. The topological polar surface area (TPSA) is 62.3 Å². The van der Waals surface area contributed by atoms with E-state index in [4.69, 9.17) is 4.74 Å². The molecule has 3 aromatic carbocycles. The number of methoxy groups -OCH3 is 1. The van der Waals surface area contributed by atoms with Crippen LogP contribution in [-0.4, -0.2) is 61.3 Å². The highest BCUT2D eigenvalue weighted by molar-refractivity contribution is 5.93. The summed E-state index contributed by atoms with van der Waals surface area (Å²) in [5.74, 6) is -1.42. The molecule has 0 radical (unpaired) electrons. The van der Waals surface area contributed by atoms with Crippen LogP contribution in [0.3, 0.4) is 0 Å². The van der Waals surface area contributed by atoms with Gasteiger partial charge in [0.1, 0.15) is 5.75 Å². The summed E-state index contributed by atoms with van der Waals surface area (Å²) in [5.41, 5.74) is 3.16. The second-order valence-corrected chi connectivity index (χ2v) is 10.9. The first-order valence-corrected chi connectivity index (χ1v) is 14.5. The lowest BCUT2D eigenvalue weighted by Gasteiger charge is -2.33. The molecule has 1 saturated heterocycles. The van der Waals surface area contributed by atoms with Crippen molar-refractivity contribution in [3.63, 3.8) is 0 Å². The van der Waals surface area contributed by atoms with Gasteiger partial charge in [0, 0.05) is 13.1 Å². The molecule has 2 amide bonds.